The van der Waals surface area contributed by atoms with E-state index >= 15 is 0 Å². The van der Waals surface area contributed by atoms with Crippen molar-refractivity contribution < 1.29 is 22.5 Å². The average molecular weight is 374 g/mol. The highest BCUT2D eigenvalue weighted by Gasteiger charge is 2.49. The number of halogens is 2. The van der Waals surface area contributed by atoms with Gasteiger partial charge in [0.05, 0.1) is 15.7 Å². The third-order valence-electron chi connectivity index (χ3n) is 4.03. The van der Waals surface area contributed by atoms with Gasteiger partial charge in [0.1, 0.15) is 12.1 Å². The Hall–Kier alpha value is -1.54. The fourth-order valence-corrected chi connectivity index (χ4v) is 3.37. The van der Waals surface area contributed by atoms with Gasteiger partial charge in [-0.15, -0.1) is 0 Å². The highest BCUT2D eigenvalue weighted by molar-refractivity contribution is 7.84. The van der Waals surface area contributed by atoms with Crippen LogP contribution < -0.4 is 4.72 Å². The van der Waals surface area contributed by atoms with E-state index < -0.39 is 33.8 Å². The van der Waals surface area contributed by atoms with Crippen molar-refractivity contribution >= 4 is 17.1 Å². The third kappa shape index (κ3) is 4.98. The molecule has 0 radical (unpaired) electrons. The number of hydrogen-bond donors (Lipinski definition) is 1. The summed E-state index contributed by atoms with van der Waals surface area (Å²) in [5.41, 5.74) is -0.855. The van der Waals surface area contributed by atoms with E-state index in [0.29, 0.717) is 0 Å². The minimum absolute atomic E-state index is 0.0208. The molecule has 5 nitrogen and oxygen atoms in total. The number of nitrogens with one attached hydrogen (secondary N) is 1. The maximum Gasteiger partial charge on any atom is 0.410 e. The lowest BCUT2D eigenvalue weighted by Crippen LogP contribution is -2.56. The minimum Gasteiger partial charge on any atom is -0.445 e. The normalized spacial score (nSPS) is 22.2. The Morgan fingerprint density at radius 3 is 2.56 bits per heavy atom. The summed E-state index contributed by atoms with van der Waals surface area (Å²) in [5, 5.41) is 0. The summed E-state index contributed by atoms with van der Waals surface area (Å²) in [6.45, 7) is 5.09. The Morgan fingerprint density at radius 1 is 1.36 bits per heavy atom. The van der Waals surface area contributed by atoms with Crippen LogP contribution in [0.1, 0.15) is 32.8 Å². The average Bonchev–Trinajstić information content (AvgIpc) is 2.98. The number of carbonyl (C=O) groups excluding carboxylic acids is 1. The first-order valence-corrected chi connectivity index (χ1v) is 9.22. The molecule has 0 saturated carbocycles. The number of ether oxygens (including phenoxy) is 1. The zero-order valence-corrected chi connectivity index (χ0v) is 15.4. The fourth-order valence-electron chi connectivity index (χ4n) is 2.44. The van der Waals surface area contributed by atoms with E-state index in [1.165, 1.54) is 4.90 Å². The number of benzene rings is 1. The molecule has 1 heterocycles. The molecule has 1 aliphatic rings. The lowest BCUT2D eigenvalue weighted by molar-refractivity contribution is 0.0457. The molecule has 25 heavy (non-hydrogen) atoms. The molecule has 2 unspecified atom stereocenters. The molecule has 0 spiro atoms. The Labute approximate surface area is 149 Å². The van der Waals surface area contributed by atoms with E-state index in [-0.39, 0.29) is 26.1 Å². The standard InChI is InChI=1S/C17H24F2N2O3S/c1-16(2,3)25(23)20-17(14(18)19)9-10-21(12-17)15(22)24-11-13-7-5-4-6-8-13/h4-8,14,20H,9-12H2,1-3H3. The Balaban J connectivity index is 1.98. The molecule has 1 fully saturated rings. The molecular weight excluding hydrogens is 350 g/mol. The van der Waals surface area contributed by atoms with Crippen molar-refractivity contribution in [1.29, 1.82) is 0 Å². The van der Waals surface area contributed by atoms with E-state index in [1.54, 1.807) is 20.8 Å². The minimum atomic E-state index is -2.74. The zero-order valence-electron chi connectivity index (χ0n) is 14.6. The number of hydrogen-bond acceptors (Lipinski definition) is 3. The van der Waals surface area contributed by atoms with Crippen LogP contribution in [0.25, 0.3) is 0 Å². The van der Waals surface area contributed by atoms with E-state index in [2.05, 4.69) is 4.72 Å². The van der Waals surface area contributed by atoms with Crippen LogP contribution in [0.4, 0.5) is 13.6 Å². The van der Waals surface area contributed by atoms with Crippen molar-refractivity contribution in [3.05, 3.63) is 35.9 Å². The first kappa shape index (κ1) is 19.8. The zero-order chi connectivity index (χ0) is 18.7. The van der Waals surface area contributed by atoms with Crippen LogP contribution in [0.15, 0.2) is 30.3 Å². The number of likely N-dealkylation sites (tertiary alicyclic amines) is 1. The summed E-state index contributed by atoms with van der Waals surface area (Å²) in [4.78, 5) is 13.4. The predicted molar refractivity (Wildman–Crippen MR) is 92.6 cm³/mol. The molecular formula is C17H24F2N2O3S. The number of carbonyl (C=O) groups is 1. The van der Waals surface area contributed by atoms with Crippen LogP contribution in [0.2, 0.25) is 0 Å². The number of rotatable bonds is 5. The van der Waals surface area contributed by atoms with Gasteiger partial charge in [-0.05, 0) is 32.8 Å². The van der Waals surface area contributed by atoms with Crippen LogP contribution >= 0.6 is 0 Å². The van der Waals surface area contributed by atoms with Crippen molar-refractivity contribution in [2.24, 2.45) is 0 Å². The van der Waals surface area contributed by atoms with Crippen molar-refractivity contribution in [3.8, 4) is 0 Å². The summed E-state index contributed by atoms with van der Waals surface area (Å²) in [7, 11) is -1.66. The summed E-state index contributed by atoms with van der Waals surface area (Å²) in [5.74, 6) is 0. The molecule has 1 aromatic carbocycles. The molecule has 1 amide bonds. The fraction of sp³-hybridized carbons (Fsp3) is 0.588. The quantitative estimate of drug-likeness (QED) is 0.862. The van der Waals surface area contributed by atoms with E-state index in [4.69, 9.17) is 4.74 Å². The second-order valence-corrected chi connectivity index (χ2v) is 9.12. The highest BCUT2D eigenvalue weighted by atomic mass is 32.2. The van der Waals surface area contributed by atoms with E-state index in [9.17, 15) is 17.8 Å². The van der Waals surface area contributed by atoms with Gasteiger partial charge in [0.15, 0.2) is 0 Å². The van der Waals surface area contributed by atoms with Crippen LogP contribution in [0.3, 0.4) is 0 Å². The molecule has 1 aliphatic heterocycles. The molecule has 8 heteroatoms. The highest BCUT2D eigenvalue weighted by Crippen LogP contribution is 2.30. The monoisotopic (exact) mass is 374 g/mol. The van der Waals surface area contributed by atoms with Crippen LogP contribution in [0, 0.1) is 0 Å². The lowest BCUT2D eigenvalue weighted by Gasteiger charge is -2.32. The summed E-state index contributed by atoms with van der Waals surface area (Å²) in [6.07, 6.45) is -3.37. The molecule has 0 aliphatic carbocycles. The van der Waals surface area contributed by atoms with Gasteiger partial charge in [0, 0.05) is 13.1 Å². The van der Waals surface area contributed by atoms with Gasteiger partial charge in [-0.1, -0.05) is 30.3 Å². The van der Waals surface area contributed by atoms with Gasteiger partial charge in [0.2, 0.25) is 0 Å². The molecule has 140 valence electrons. The van der Waals surface area contributed by atoms with E-state index in [0.717, 1.165) is 5.56 Å². The molecule has 1 aromatic rings. The van der Waals surface area contributed by atoms with Crippen LogP contribution in [-0.4, -0.2) is 45.0 Å². The van der Waals surface area contributed by atoms with Gasteiger partial charge in [-0.2, -0.15) is 0 Å². The molecule has 2 rings (SSSR count). The van der Waals surface area contributed by atoms with Crippen molar-refractivity contribution in [1.82, 2.24) is 9.62 Å². The second kappa shape index (κ2) is 7.78. The van der Waals surface area contributed by atoms with E-state index in [1.807, 2.05) is 30.3 Å². The third-order valence-corrected chi connectivity index (χ3v) is 5.74. The van der Waals surface area contributed by atoms with Gasteiger partial charge in [-0.25, -0.2) is 22.5 Å². The van der Waals surface area contributed by atoms with Gasteiger partial charge in [-0.3, -0.25) is 0 Å². The first-order chi connectivity index (χ1) is 11.6. The maximum absolute atomic E-state index is 13.7. The van der Waals surface area contributed by atoms with Crippen molar-refractivity contribution in [3.63, 3.8) is 0 Å². The number of alkyl halides is 2. The lowest BCUT2D eigenvalue weighted by atomic mass is 10.0. The number of nitrogens with zero attached hydrogens (tertiary/aromatic N) is 1. The molecule has 0 bridgehead atoms. The molecule has 2 atom stereocenters. The molecule has 1 N–H and O–H groups in total. The Bertz CT molecular complexity index is 622. The van der Waals surface area contributed by atoms with Crippen molar-refractivity contribution in [2.45, 2.75) is 50.5 Å². The molecule has 1 saturated heterocycles. The van der Waals surface area contributed by atoms with Gasteiger partial charge in [0.25, 0.3) is 6.43 Å². The second-order valence-electron chi connectivity index (χ2n) is 7.15. The Kier molecular flexibility index (Phi) is 6.16. The first-order valence-electron chi connectivity index (χ1n) is 8.07. The van der Waals surface area contributed by atoms with Gasteiger partial charge < -0.3 is 9.64 Å². The smallest absolute Gasteiger partial charge is 0.410 e. The maximum atomic E-state index is 13.7. The van der Waals surface area contributed by atoms with Crippen LogP contribution in [-0.2, 0) is 22.3 Å². The van der Waals surface area contributed by atoms with Crippen LogP contribution in [0.5, 0.6) is 0 Å². The number of amides is 1. The Morgan fingerprint density at radius 2 is 2.00 bits per heavy atom. The summed E-state index contributed by atoms with van der Waals surface area (Å²) in [6, 6.07) is 9.13. The SMILES string of the molecule is CC(C)(C)S(=O)NC1(C(F)F)CCN(C(=O)OCc2ccccc2)C1. The largest absolute Gasteiger partial charge is 0.445 e. The molecule has 0 aromatic heterocycles. The summed E-state index contributed by atoms with van der Waals surface area (Å²) < 4.78 is 46.6. The summed E-state index contributed by atoms with van der Waals surface area (Å²) >= 11 is 0. The van der Waals surface area contributed by atoms with Gasteiger partial charge >= 0.3 is 6.09 Å². The van der Waals surface area contributed by atoms with Crippen molar-refractivity contribution in [2.75, 3.05) is 13.1 Å². The topological polar surface area (TPSA) is 58.6 Å². The predicted octanol–water partition coefficient (Wildman–Crippen LogP) is 3.08.